The molecular weight excluding hydrogens is 284 g/mol. The van der Waals surface area contributed by atoms with Gasteiger partial charge < -0.3 is 4.57 Å². The van der Waals surface area contributed by atoms with Crippen LogP contribution in [0, 0.1) is 5.82 Å². The summed E-state index contributed by atoms with van der Waals surface area (Å²) in [5.74, 6) is -1.42. The zero-order valence-corrected chi connectivity index (χ0v) is 10.9. The van der Waals surface area contributed by atoms with Gasteiger partial charge in [0.2, 0.25) is 5.82 Å². The number of fused-ring (bicyclic) bond motifs is 1. The summed E-state index contributed by atoms with van der Waals surface area (Å²) in [6.07, 6.45) is -4.53. The van der Waals surface area contributed by atoms with Gasteiger partial charge >= 0.3 is 6.18 Å². The molecule has 0 bridgehead atoms. The monoisotopic (exact) mass is 294 g/mol. The lowest BCUT2D eigenvalue weighted by Crippen LogP contribution is -2.12. The lowest BCUT2D eigenvalue weighted by molar-refractivity contribution is -0.146. The van der Waals surface area contributed by atoms with Gasteiger partial charge in [0.05, 0.1) is 11.0 Å². The van der Waals surface area contributed by atoms with E-state index < -0.39 is 17.8 Å². The first-order chi connectivity index (χ1) is 9.88. The van der Waals surface area contributed by atoms with E-state index in [1.54, 1.807) is 24.3 Å². The van der Waals surface area contributed by atoms with Gasteiger partial charge in [-0.25, -0.2) is 9.37 Å². The van der Waals surface area contributed by atoms with Crippen LogP contribution in [0.4, 0.5) is 17.6 Å². The normalized spacial score (nSPS) is 12.0. The molecule has 3 rings (SSSR count). The average molecular weight is 294 g/mol. The largest absolute Gasteiger partial charge is 0.449 e. The van der Waals surface area contributed by atoms with Crippen LogP contribution in [0.15, 0.2) is 42.5 Å². The third kappa shape index (κ3) is 2.26. The van der Waals surface area contributed by atoms with Crippen LogP contribution < -0.4 is 0 Å². The van der Waals surface area contributed by atoms with Crippen LogP contribution in [0.1, 0.15) is 5.82 Å². The van der Waals surface area contributed by atoms with E-state index in [1.807, 2.05) is 0 Å². The second kappa shape index (κ2) is 4.58. The number of alkyl halides is 3. The number of hydrogen-bond acceptors (Lipinski definition) is 1. The van der Waals surface area contributed by atoms with Gasteiger partial charge in [-0.1, -0.05) is 24.3 Å². The van der Waals surface area contributed by atoms with Gasteiger partial charge in [-0.2, -0.15) is 13.2 Å². The fourth-order valence-corrected chi connectivity index (χ4v) is 2.36. The summed E-state index contributed by atoms with van der Waals surface area (Å²) in [6.45, 7) is 0. The van der Waals surface area contributed by atoms with Gasteiger partial charge in [-0.15, -0.1) is 0 Å². The van der Waals surface area contributed by atoms with E-state index >= 15 is 0 Å². The summed E-state index contributed by atoms with van der Waals surface area (Å²) in [5, 5.41) is 0. The van der Waals surface area contributed by atoms with Crippen LogP contribution in [0.5, 0.6) is 0 Å². The fourth-order valence-electron chi connectivity index (χ4n) is 2.36. The van der Waals surface area contributed by atoms with Crippen LogP contribution in [-0.4, -0.2) is 9.55 Å². The van der Waals surface area contributed by atoms with Gasteiger partial charge in [0, 0.05) is 12.6 Å². The molecule has 0 fully saturated rings. The van der Waals surface area contributed by atoms with Crippen molar-refractivity contribution in [3.63, 3.8) is 0 Å². The number of rotatable bonds is 1. The number of benzene rings is 2. The Morgan fingerprint density at radius 1 is 1.05 bits per heavy atom. The Morgan fingerprint density at radius 3 is 2.43 bits per heavy atom. The summed E-state index contributed by atoms with van der Waals surface area (Å²) in [7, 11) is 1.31. The summed E-state index contributed by atoms with van der Waals surface area (Å²) in [4.78, 5) is 3.71. The molecule has 108 valence electrons. The van der Waals surface area contributed by atoms with E-state index in [0.717, 1.165) is 4.57 Å². The molecule has 0 aliphatic heterocycles. The maximum absolute atomic E-state index is 13.3. The highest BCUT2D eigenvalue weighted by molar-refractivity contribution is 5.92. The second-order valence-corrected chi connectivity index (χ2v) is 4.68. The van der Waals surface area contributed by atoms with Crippen LogP contribution in [0.3, 0.4) is 0 Å². The average Bonchev–Trinajstić information content (AvgIpc) is 2.76. The molecule has 0 radical (unpaired) electrons. The Bertz CT molecular complexity index is 818. The molecule has 0 saturated heterocycles. The summed E-state index contributed by atoms with van der Waals surface area (Å²) < 4.78 is 53.1. The van der Waals surface area contributed by atoms with E-state index in [2.05, 4.69) is 4.98 Å². The smallest absolute Gasteiger partial charge is 0.323 e. The first kappa shape index (κ1) is 13.6. The zero-order valence-electron chi connectivity index (χ0n) is 10.9. The van der Waals surface area contributed by atoms with E-state index in [0.29, 0.717) is 16.6 Å². The topological polar surface area (TPSA) is 17.8 Å². The van der Waals surface area contributed by atoms with Crippen LogP contribution in [0.25, 0.3) is 22.2 Å². The fraction of sp³-hybridized carbons (Fsp3) is 0.133. The molecule has 0 aliphatic carbocycles. The van der Waals surface area contributed by atoms with Crippen molar-refractivity contribution in [2.45, 2.75) is 6.18 Å². The van der Waals surface area contributed by atoms with Crippen molar-refractivity contribution in [3.05, 3.63) is 54.1 Å². The Kier molecular flexibility index (Phi) is 2.97. The molecule has 2 nitrogen and oxygen atoms in total. The molecule has 0 aliphatic rings. The van der Waals surface area contributed by atoms with Gasteiger partial charge in [-0.05, 0) is 23.8 Å². The van der Waals surface area contributed by atoms with Gasteiger partial charge in [0.25, 0.3) is 0 Å². The highest BCUT2D eigenvalue weighted by Crippen LogP contribution is 2.34. The van der Waals surface area contributed by atoms with E-state index in [1.165, 1.54) is 25.2 Å². The number of aromatic nitrogens is 2. The van der Waals surface area contributed by atoms with Gasteiger partial charge in [0.1, 0.15) is 5.82 Å². The molecule has 0 N–H and O–H groups in total. The Balaban J connectivity index is 2.31. The predicted molar refractivity (Wildman–Crippen MR) is 71.1 cm³/mol. The number of imidazole rings is 1. The molecule has 0 amide bonds. The Hall–Kier alpha value is -2.37. The van der Waals surface area contributed by atoms with Crippen molar-refractivity contribution in [2.24, 2.45) is 7.05 Å². The van der Waals surface area contributed by atoms with Gasteiger partial charge in [0.15, 0.2) is 0 Å². The van der Waals surface area contributed by atoms with Crippen LogP contribution in [0.2, 0.25) is 0 Å². The first-order valence-corrected chi connectivity index (χ1v) is 6.16. The first-order valence-electron chi connectivity index (χ1n) is 6.16. The Labute approximate surface area is 117 Å². The lowest BCUT2D eigenvalue weighted by Gasteiger charge is -2.05. The number of nitrogens with zero attached hydrogens (tertiary/aromatic N) is 2. The van der Waals surface area contributed by atoms with Crippen molar-refractivity contribution < 1.29 is 17.6 Å². The highest BCUT2D eigenvalue weighted by Gasteiger charge is 2.37. The maximum Gasteiger partial charge on any atom is 0.449 e. The zero-order chi connectivity index (χ0) is 15.2. The van der Waals surface area contributed by atoms with Crippen molar-refractivity contribution in [3.8, 4) is 11.1 Å². The summed E-state index contributed by atoms with van der Waals surface area (Å²) in [6, 6.07) is 10.5. The van der Waals surface area contributed by atoms with Crippen molar-refractivity contribution in [1.29, 1.82) is 0 Å². The predicted octanol–water partition coefficient (Wildman–Crippen LogP) is 4.40. The standard InChI is InChI=1S/C15H10F4N2/c1-21-12-7-3-6-11(9-4-2-5-10(16)8-9)13(12)20-14(21)15(17,18)19/h2-8H,1H3. The van der Waals surface area contributed by atoms with E-state index in [4.69, 9.17) is 0 Å². The van der Waals surface area contributed by atoms with Crippen molar-refractivity contribution >= 4 is 11.0 Å². The van der Waals surface area contributed by atoms with E-state index in [-0.39, 0.29) is 5.52 Å². The molecular formula is C15H10F4N2. The summed E-state index contributed by atoms with van der Waals surface area (Å²) in [5.41, 5.74) is 1.52. The molecule has 0 spiro atoms. The minimum atomic E-state index is -4.53. The third-order valence-electron chi connectivity index (χ3n) is 3.30. The van der Waals surface area contributed by atoms with Crippen LogP contribution >= 0.6 is 0 Å². The molecule has 2 aromatic carbocycles. The van der Waals surface area contributed by atoms with Crippen molar-refractivity contribution in [1.82, 2.24) is 9.55 Å². The molecule has 1 aromatic heterocycles. The maximum atomic E-state index is 13.3. The quantitative estimate of drug-likeness (QED) is 0.608. The van der Waals surface area contributed by atoms with Crippen molar-refractivity contribution in [2.75, 3.05) is 0 Å². The molecule has 0 unspecified atom stereocenters. The molecule has 1 heterocycles. The third-order valence-corrected chi connectivity index (χ3v) is 3.30. The molecule has 0 saturated carbocycles. The van der Waals surface area contributed by atoms with Crippen LogP contribution in [-0.2, 0) is 13.2 Å². The second-order valence-electron chi connectivity index (χ2n) is 4.68. The lowest BCUT2D eigenvalue weighted by atomic mass is 10.0. The number of halogens is 4. The minimum Gasteiger partial charge on any atom is -0.323 e. The highest BCUT2D eigenvalue weighted by atomic mass is 19.4. The Morgan fingerprint density at radius 2 is 1.76 bits per heavy atom. The van der Waals surface area contributed by atoms with E-state index in [9.17, 15) is 17.6 Å². The minimum absolute atomic E-state index is 0.206. The molecule has 0 atom stereocenters. The number of para-hydroxylation sites is 1. The van der Waals surface area contributed by atoms with Gasteiger partial charge in [-0.3, -0.25) is 0 Å². The number of hydrogen-bond donors (Lipinski definition) is 0. The molecule has 21 heavy (non-hydrogen) atoms. The molecule has 3 aromatic rings. The number of aryl methyl sites for hydroxylation is 1. The summed E-state index contributed by atoms with van der Waals surface area (Å²) >= 11 is 0. The molecule has 6 heteroatoms. The SMILES string of the molecule is Cn1c(C(F)(F)F)nc2c(-c3cccc(F)c3)cccc21.